The van der Waals surface area contributed by atoms with Crippen LogP contribution in [0.4, 0.5) is 0 Å². The van der Waals surface area contributed by atoms with Gasteiger partial charge in [-0.3, -0.25) is 19.2 Å². The summed E-state index contributed by atoms with van der Waals surface area (Å²) in [5, 5.41) is 13.6. The number of nitrogens with one attached hydrogen (secondary N) is 1. The number of benzene rings is 1. The SMILES string of the molecule is CC[C@H](C)[C@H](CO)N1C(=O)[C@H]2[C@@H]3C(=O)O[C@H](c4ccccc4)[C@@H](C)NC(=O)CC/C=C\CN(C(C)C)C(=O)[C@H]1[C@@]21C=C[C@@H]3O1. The van der Waals surface area contributed by atoms with E-state index in [1.807, 2.05) is 70.2 Å². The summed E-state index contributed by atoms with van der Waals surface area (Å²) < 4.78 is 12.7. The molecule has 1 aromatic rings. The second kappa shape index (κ2) is 12.9. The molecule has 10 nitrogen and oxygen atoms in total. The molecule has 0 unspecified atom stereocenters. The zero-order valence-corrected chi connectivity index (χ0v) is 26.2. The first kappa shape index (κ1) is 31.9. The van der Waals surface area contributed by atoms with Crippen molar-refractivity contribution < 1.29 is 33.8 Å². The minimum absolute atomic E-state index is 0.113. The largest absolute Gasteiger partial charge is 0.455 e. The van der Waals surface area contributed by atoms with Crippen molar-refractivity contribution >= 4 is 23.7 Å². The van der Waals surface area contributed by atoms with Crippen LogP contribution in [-0.2, 0) is 28.7 Å². The lowest BCUT2D eigenvalue weighted by Crippen LogP contribution is -2.60. The zero-order valence-electron chi connectivity index (χ0n) is 26.2. The molecule has 1 spiro atoms. The van der Waals surface area contributed by atoms with Crippen molar-refractivity contribution in [2.75, 3.05) is 13.2 Å². The molecule has 4 aliphatic heterocycles. The van der Waals surface area contributed by atoms with E-state index in [-0.39, 0.29) is 43.3 Å². The third kappa shape index (κ3) is 5.47. The van der Waals surface area contributed by atoms with E-state index in [0.717, 1.165) is 0 Å². The maximum absolute atomic E-state index is 14.6. The van der Waals surface area contributed by atoms with Crippen LogP contribution in [0.5, 0.6) is 0 Å². The molecule has 0 aliphatic carbocycles. The standard InChI is InChI=1S/C34H45N3O7/c1-6-21(4)24(19-38)37-30-32(41)36(20(2)3)18-12-8-11-15-26(39)35-22(5)29(23-13-9-7-10-14-23)43-33(42)27-25-16-17-34(30,44-25)28(27)31(37)40/h7-10,12-14,16-17,20-22,24-25,27-30,38H,6,11,15,18-19H2,1-5H3,(H,35,39)/b12-8-/t21-,22+,24-,25-,27+,28+,29-,30-,34+/m0/s1. The second-order valence-electron chi connectivity index (χ2n) is 12.8. The van der Waals surface area contributed by atoms with E-state index in [1.165, 1.54) is 4.90 Å². The fraction of sp³-hybridized carbons (Fsp3) is 0.588. The average Bonchev–Trinajstić information content (AvgIpc) is 3.65. The second-order valence-corrected chi connectivity index (χ2v) is 12.8. The maximum Gasteiger partial charge on any atom is 0.313 e. The highest BCUT2D eigenvalue weighted by Crippen LogP contribution is 2.56. The Balaban J connectivity index is 1.62. The van der Waals surface area contributed by atoms with Crippen LogP contribution in [0, 0.1) is 17.8 Å². The number of amides is 3. The van der Waals surface area contributed by atoms with E-state index in [2.05, 4.69) is 5.32 Å². The number of aliphatic hydroxyl groups is 1. The van der Waals surface area contributed by atoms with E-state index in [9.17, 15) is 24.3 Å². The van der Waals surface area contributed by atoms with Crippen molar-refractivity contribution in [1.82, 2.24) is 15.1 Å². The van der Waals surface area contributed by atoms with E-state index in [4.69, 9.17) is 9.47 Å². The van der Waals surface area contributed by atoms with Crippen LogP contribution in [0.2, 0.25) is 0 Å². The summed E-state index contributed by atoms with van der Waals surface area (Å²) >= 11 is 0. The summed E-state index contributed by atoms with van der Waals surface area (Å²) in [6.07, 6.45) is 7.08. The number of hydrogen-bond donors (Lipinski definition) is 2. The summed E-state index contributed by atoms with van der Waals surface area (Å²) in [6.45, 7) is 9.48. The van der Waals surface area contributed by atoms with Gasteiger partial charge in [0.15, 0.2) is 0 Å². The Kier molecular flexibility index (Phi) is 9.32. The van der Waals surface area contributed by atoms with Crippen LogP contribution in [0.15, 0.2) is 54.6 Å². The van der Waals surface area contributed by atoms with Crippen molar-refractivity contribution in [3.63, 3.8) is 0 Å². The first-order chi connectivity index (χ1) is 21.0. The highest BCUT2D eigenvalue weighted by Gasteiger charge is 2.74. The lowest BCUT2D eigenvalue weighted by atomic mass is 9.74. The minimum atomic E-state index is -1.38. The zero-order chi connectivity index (χ0) is 31.8. The number of hydrogen-bond acceptors (Lipinski definition) is 7. The van der Waals surface area contributed by atoms with Crippen LogP contribution in [0.25, 0.3) is 0 Å². The van der Waals surface area contributed by atoms with Crippen LogP contribution in [0.1, 0.15) is 65.5 Å². The summed E-state index contributed by atoms with van der Waals surface area (Å²) in [7, 11) is 0. The molecule has 9 atom stereocenters. The molecule has 5 bridgehead atoms. The van der Waals surface area contributed by atoms with Crippen LogP contribution in [-0.4, -0.2) is 87.6 Å². The van der Waals surface area contributed by atoms with Crippen LogP contribution >= 0.6 is 0 Å². The van der Waals surface area contributed by atoms with Gasteiger partial charge in [0.2, 0.25) is 17.7 Å². The summed E-state index contributed by atoms with van der Waals surface area (Å²) in [5.74, 6) is -3.62. The van der Waals surface area contributed by atoms with Gasteiger partial charge >= 0.3 is 5.97 Å². The fourth-order valence-corrected chi connectivity index (χ4v) is 7.27. The van der Waals surface area contributed by atoms with Gasteiger partial charge in [0.05, 0.1) is 30.7 Å². The number of cyclic esters (lactones) is 1. The van der Waals surface area contributed by atoms with Crippen molar-refractivity contribution in [3.8, 4) is 0 Å². The molecule has 4 aliphatic rings. The molecular formula is C34H45N3O7. The third-order valence-corrected chi connectivity index (χ3v) is 9.79. The Bertz CT molecular complexity index is 1310. The minimum Gasteiger partial charge on any atom is -0.455 e. The number of carbonyl (C=O) groups is 4. The molecule has 2 saturated heterocycles. The Morgan fingerprint density at radius 3 is 2.45 bits per heavy atom. The molecular weight excluding hydrogens is 562 g/mol. The molecule has 1 aromatic carbocycles. The molecule has 2 N–H and O–H groups in total. The highest BCUT2D eigenvalue weighted by atomic mass is 16.6. The first-order valence-electron chi connectivity index (χ1n) is 15.9. The van der Waals surface area contributed by atoms with Gasteiger partial charge in [0, 0.05) is 19.0 Å². The number of carbonyl (C=O) groups excluding carboxylic acids is 4. The predicted octanol–water partition coefficient (Wildman–Crippen LogP) is 2.92. The normalized spacial score (nSPS) is 34.6. The lowest BCUT2D eigenvalue weighted by Gasteiger charge is -2.41. The van der Waals surface area contributed by atoms with Gasteiger partial charge in [0.1, 0.15) is 23.7 Å². The number of fused-ring (bicyclic) bond motifs is 2. The van der Waals surface area contributed by atoms with Crippen LogP contribution < -0.4 is 5.32 Å². The molecule has 238 valence electrons. The summed E-state index contributed by atoms with van der Waals surface area (Å²) in [5.41, 5.74) is -0.672. The molecule has 0 radical (unpaired) electrons. The number of aliphatic hydroxyl groups excluding tert-OH is 1. The number of esters is 1. The first-order valence-corrected chi connectivity index (χ1v) is 15.9. The summed E-state index contributed by atoms with van der Waals surface area (Å²) in [6, 6.07) is 6.72. The fourth-order valence-electron chi connectivity index (χ4n) is 7.27. The monoisotopic (exact) mass is 607 g/mol. The lowest BCUT2D eigenvalue weighted by molar-refractivity contribution is -0.162. The highest BCUT2D eigenvalue weighted by molar-refractivity contribution is 5.99. The molecule has 3 amide bonds. The Morgan fingerprint density at radius 2 is 1.80 bits per heavy atom. The van der Waals surface area contributed by atoms with Gasteiger partial charge in [-0.05, 0) is 38.7 Å². The number of ether oxygens (including phenoxy) is 2. The molecule has 2 fully saturated rings. The molecule has 10 heteroatoms. The quantitative estimate of drug-likeness (QED) is 0.376. The van der Waals surface area contributed by atoms with Crippen molar-refractivity contribution in [3.05, 3.63) is 60.2 Å². The summed E-state index contributed by atoms with van der Waals surface area (Å²) in [4.78, 5) is 59.3. The molecule has 0 aromatic heterocycles. The van der Waals surface area contributed by atoms with E-state index < -0.39 is 59.6 Å². The van der Waals surface area contributed by atoms with Crippen molar-refractivity contribution in [1.29, 1.82) is 0 Å². The Labute approximate surface area is 259 Å². The molecule has 4 heterocycles. The Morgan fingerprint density at radius 1 is 1.07 bits per heavy atom. The number of allylic oxidation sites excluding steroid dienone is 1. The molecule has 44 heavy (non-hydrogen) atoms. The molecule has 0 saturated carbocycles. The van der Waals surface area contributed by atoms with Crippen molar-refractivity contribution in [2.45, 2.75) is 95.9 Å². The number of rotatable bonds is 6. The van der Waals surface area contributed by atoms with Crippen molar-refractivity contribution in [2.24, 2.45) is 17.8 Å². The maximum atomic E-state index is 14.6. The van der Waals surface area contributed by atoms with E-state index >= 15 is 0 Å². The molecule has 5 rings (SSSR count). The van der Waals surface area contributed by atoms with E-state index in [1.54, 1.807) is 24.0 Å². The van der Waals surface area contributed by atoms with Gasteiger partial charge in [-0.1, -0.05) is 74.9 Å². The van der Waals surface area contributed by atoms with Gasteiger partial charge < -0.3 is 29.7 Å². The average molecular weight is 608 g/mol. The van der Waals surface area contributed by atoms with E-state index in [0.29, 0.717) is 18.4 Å². The van der Waals surface area contributed by atoms with Gasteiger partial charge in [-0.25, -0.2) is 0 Å². The Hall–Kier alpha value is -3.50. The van der Waals surface area contributed by atoms with Gasteiger partial charge in [-0.15, -0.1) is 0 Å². The van der Waals surface area contributed by atoms with Gasteiger partial charge in [-0.2, -0.15) is 0 Å². The predicted molar refractivity (Wildman–Crippen MR) is 163 cm³/mol. The topological polar surface area (TPSA) is 125 Å². The number of nitrogens with zero attached hydrogens (tertiary/aromatic N) is 2. The third-order valence-electron chi connectivity index (χ3n) is 9.79. The number of likely N-dealkylation sites (tertiary alicyclic amines) is 1. The van der Waals surface area contributed by atoms with Crippen LogP contribution in [0.3, 0.4) is 0 Å². The van der Waals surface area contributed by atoms with Gasteiger partial charge in [0.25, 0.3) is 0 Å². The smallest absolute Gasteiger partial charge is 0.313 e.